The maximum atomic E-state index is 11.9. The van der Waals surface area contributed by atoms with E-state index in [1.165, 1.54) is 51.4 Å². The van der Waals surface area contributed by atoms with Crippen LogP contribution in [0.25, 0.3) is 0 Å². The molecule has 0 aliphatic carbocycles. The smallest absolute Gasteiger partial charge is 0.0894 e. The van der Waals surface area contributed by atoms with Gasteiger partial charge in [-0.25, -0.2) is 10.1 Å². The SMILES string of the molecule is OOOOOOOOOOOOOOOOCCCCCCCCCCCCCCCCF. The van der Waals surface area contributed by atoms with Gasteiger partial charge in [0.15, 0.2) is 0 Å². The van der Waals surface area contributed by atoms with Gasteiger partial charge >= 0.3 is 0 Å². The molecule has 0 spiro atoms. The minimum Gasteiger partial charge on any atom is -0.251 e. The summed E-state index contributed by atoms with van der Waals surface area (Å²) in [5, 5.41) is 58.0. The molecule has 0 aliphatic heterocycles. The molecule has 0 atom stereocenters. The highest BCUT2D eigenvalue weighted by Crippen LogP contribution is 2.13. The van der Waals surface area contributed by atoms with Crippen molar-refractivity contribution in [1.82, 2.24) is 0 Å². The monoisotopic (exact) mass is 500 g/mol. The molecular formula is C16H33FO16. The zero-order valence-electron chi connectivity index (χ0n) is 18.3. The van der Waals surface area contributed by atoms with Crippen LogP contribution in [-0.2, 0) is 75.4 Å². The molecule has 0 radical (unpaired) electrons. The molecule has 16 nitrogen and oxygen atoms in total. The van der Waals surface area contributed by atoms with E-state index in [4.69, 9.17) is 5.26 Å². The lowest BCUT2D eigenvalue weighted by Gasteiger charge is -2.03. The Morgan fingerprint density at radius 3 is 1.03 bits per heavy atom. The van der Waals surface area contributed by atoms with Crippen molar-refractivity contribution >= 4 is 0 Å². The second-order valence-corrected chi connectivity index (χ2v) is 6.42. The molecule has 0 unspecified atom stereocenters. The normalized spacial score (nSPS) is 11.5. The molecule has 0 aliphatic rings. The first-order valence-electron chi connectivity index (χ1n) is 10.6. The van der Waals surface area contributed by atoms with E-state index >= 15 is 0 Å². The van der Waals surface area contributed by atoms with Gasteiger partial charge in [0.2, 0.25) is 0 Å². The zero-order chi connectivity index (χ0) is 23.9. The Hall–Kier alpha value is -0.710. The number of alkyl halides is 1. The Labute approximate surface area is 189 Å². The first-order chi connectivity index (χ1) is 16.4. The van der Waals surface area contributed by atoms with Gasteiger partial charge < -0.3 is 0 Å². The molecule has 17 heteroatoms. The number of halogens is 1. The van der Waals surface area contributed by atoms with Crippen molar-refractivity contribution in [1.29, 1.82) is 0 Å². The molecule has 0 aromatic rings. The highest BCUT2D eigenvalue weighted by molar-refractivity contribution is 4.49. The summed E-state index contributed by atoms with van der Waals surface area (Å²) in [6.45, 7) is 0.106. The summed E-state index contributed by atoms with van der Waals surface area (Å²) in [4.78, 5) is 4.65. The quantitative estimate of drug-likeness (QED) is 0.0801. The lowest BCUT2D eigenvalue weighted by molar-refractivity contribution is -0.883. The molecule has 0 saturated heterocycles. The van der Waals surface area contributed by atoms with E-state index < -0.39 is 0 Å². The summed E-state index contributed by atoms with van der Waals surface area (Å²) < 4.78 is 11.9. The van der Waals surface area contributed by atoms with Crippen LogP contribution < -0.4 is 0 Å². The first kappa shape index (κ1) is 32.3. The van der Waals surface area contributed by atoms with Crippen molar-refractivity contribution in [2.75, 3.05) is 13.3 Å². The Bertz CT molecular complexity index is 316. The molecule has 0 rings (SSSR count). The van der Waals surface area contributed by atoms with Crippen molar-refractivity contribution in [3.63, 3.8) is 0 Å². The summed E-state index contributed by atoms with van der Waals surface area (Å²) in [6, 6.07) is 0. The lowest BCUT2D eigenvalue weighted by Crippen LogP contribution is -2.05. The van der Waals surface area contributed by atoms with Crippen LogP contribution in [0.5, 0.6) is 0 Å². The second-order valence-electron chi connectivity index (χ2n) is 6.42. The van der Waals surface area contributed by atoms with Gasteiger partial charge in [-0.2, -0.15) is 0 Å². The Kier molecular flexibility index (Phi) is 30.6. The van der Waals surface area contributed by atoms with Gasteiger partial charge in [-0.05, 0) is 83.4 Å². The van der Waals surface area contributed by atoms with Gasteiger partial charge in [-0.15, -0.1) is 0 Å². The van der Waals surface area contributed by atoms with E-state index in [0.29, 0.717) is 13.0 Å². The third kappa shape index (κ3) is 31.3. The Balaban J connectivity index is 2.99. The molecule has 0 saturated carbocycles. The van der Waals surface area contributed by atoms with E-state index in [0.717, 1.165) is 32.1 Å². The molecular weight excluding hydrogens is 467 g/mol. The fourth-order valence-corrected chi connectivity index (χ4v) is 2.57. The van der Waals surface area contributed by atoms with Crippen molar-refractivity contribution in [3.05, 3.63) is 0 Å². The number of hydrogen-bond acceptors (Lipinski definition) is 16. The Morgan fingerprint density at radius 2 is 0.667 bits per heavy atom. The van der Waals surface area contributed by atoms with Crippen LogP contribution in [0.3, 0.4) is 0 Å². The fourth-order valence-electron chi connectivity index (χ4n) is 2.57. The molecule has 0 aromatic heterocycles. The second kappa shape index (κ2) is 31.3. The minimum atomic E-state index is -0.187. The minimum absolute atomic E-state index is 0.187. The molecule has 0 bridgehead atoms. The maximum Gasteiger partial charge on any atom is 0.0894 e. The van der Waals surface area contributed by atoms with Gasteiger partial charge in [0.1, 0.15) is 0 Å². The fraction of sp³-hybridized carbons (Fsp3) is 1.00. The largest absolute Gasteiger partial charge is 0.251 e. The van der Waals surface area contributed by atoms with Crippen LogP contribution in [-0.4, -0.2) is 18.5 Å². The van der Waals surface area contributed by atoms with Gasteiger partial charge in [-0.3, -0.25) is 4.39 Å². The van der Waals surface area contributed by atoms with Gasteiger partial charge in [-0.1, -0.05) is 77.0 Å². The van der Waals surface area contributed by atoms with Gasteiger partial charge in [0, 0.05) is 0 Å². The highest BCUT2D eigenvalue weighted by atomic mass is 19.1. The molecule has 0 aromatic carbocycles. The lowest BCUT2D eigenvalue weighted by atomic mass is 10.0. The molecule has 33 heavy (non-hydrogen) atoms. The molecule has 0 heterocycles. The predicted molar refractivity (Wildman–Crippen MR) is 94.4 cm³/mol. The number of hydrogen-bond donors (Lipinski definition) is 1. The van der Waals surface area contributed by atoms with Crippen LogP contribution in [0.15, 0.2) is 0 Å². The van der Waals surface area contributed by atoms with Crippen LogP contribution in [0.4, 0.5) is 4.39 Å². The van der Waals surface area contributed by atoms with Crippen molar-refractivity contribution in [2.45, 2.75) is 89.9 Å². The number of unbranched alkanes of at least 4 members (excludes halogenated alkanes) is 13. The number of rotatable bonds is 30. The summed E-state index contributed by atoms with van der Waals surface area (Å²) in [5.41, 5.74) is 0. The summed E-state index contributed by atoms with van der Waals surface area (Å²) in [5.74, 6) is 0. The van der Waals surface area contributed by atoms with Crippen molar-refractivity contribution < 1.29 is 85.1 Å². The van der Waals surface area contributed by atoms with Gasteiger partial charge in [0.05, 0.1) is 13.3 Å². The van der Waals surface area contributed by atoms with E-state index in [2.05, 4.69) is 75.4 Å². The third-order valence-corrected chi connectivity index (χ3v) is 4.02. The Morgan fingerprint density at radius 1 is 0.364 bits per heavy atom. The van der Waals surface area contributed by atoms with E-state index in [1.54, 1.807) is 0 Å². The topological polar surface area (TPSA) is 159 Å². The first-order valence-corrected chi connectivity index (χ1v) is 10.6. The molecule has 0 fully saturated rings. The standard InChI is InChI=1S/C16H33FO16/c17-15-13-11-9-7-5-3-1-2-4-6-8-10-12-14-16-19-21-23-25-27-29-31-33-32-30-28-26-24-22-20-18/h18H,1-16H2. The summed E-state index contributed by atoms with van der Waals surface area (Å²) in [7, 11) is 0. The van der Waals surface area contributed by atoms with Crippen LogP contribution in [0.2, 0.25) is 0 Å². The van der Waals surface area contributed by atoms with Crippen LogP contribution >= 0.6 is 0 Å². The zero-order valence-corrected chi connectivity index (χ0v) is 18.3. The van der Waals surface area contributed by atoms with E-state index in [9.17, 15) is 4.39 Å². The third-order valence-electron chi connectivity index (χ3n) is 4.02. The average Bonchev–Trinajstić information content (AvgIpc) is 2.83. The van der Waals surface area contributed by atoms with E-state index in [1.807, 2.05) is 0 Å². The van der Waals surface area contributed by atoms with Crippen molar-refractivity contribution in [2.24, 2.45) is 0 Å². The van der Waals surface area contributed by atoms with Gasteiger partial charge in [0.25, 0.3) is 0 Å². The molecule has 0 amide bonds. The summed E-state index contributed by atoms with van der Waals surface area (Å²) in [6.07, 6.45) is 15.8. The summed E-state index contributed by atoms with van der Waals surface area (Å²) >= 11 is 0. The predicted octanol–water partition coefficient (Wildman–Crippen LogP) is 4.95. The average molecular weight is 500 g/mol. The van der Waals surface area contributed by atoms with Crippen molar-refractivity contribution in [3.8, 4) is 0 Å². The molecule has 200 valence electrons. The van der Waals surface area contributed by atoms with Crippen LogP contribution in [0.1, 0.15) is 89.9 Å². The highest BCUT2D eigenvalue weighted by Gasteiger charge is 1.99. The maximum absolute atomic E-state index is 11.9. The van der Waals surface area contributed by atoms with E-state index in [-0.39, 0.29) is 6.67 Å². The van der Waals surface area contributed by atoms with Crippen LogP contribution in [0, 0.1) is 0 Å². The molecule has 1 N–H and O–H groups in total.